The molecule has 0 aromatic rings. The molecule has 1 atom stereocenters. The van der Waals surface area contributed by atoms with Crippen LogP contribution in [0.2, 0.25) is 0 Å². The van der Waals surface area contributed by atoms with Crippen molar-refractivity contribution >= 4 is 5.91 Å². The number of hydrogen-bond donors (Lipinski definition) is 2. The maximum atomic E-state index is 11.7. The summed E-state index contributed by atoms with van der Waals surface area (Å²) in [5.41, 5.74) is 4.80. The Kier molecular flexibility index (Phi) is 3.73. The fraction of sp³-hybridized carbons (Fsp3) is 0.909. The zero-order valence-electron chi connectivity index (χ0n) is 9.86. The number of β-amino-alcohol motifs (C(OH)–C–C–N with tert-alkyl or cyclic N) is 1. The minimum absolute atomic E-state index is 0.110. The summed E-state index contributed by atoms with van der Waals surface area (Å²) in [6, 6.07) is 0. The van der Waals surface area contributed by atoms with Crippen molar-refractivity contribution in [1.29, 1.82) is 0 Å². The molecule has 1 aliphatic heterocycles. The van der Waals surface area contributed by atoms with Gasteiger partial charge in [-0.25, -0.2) is 0 Å². The summed E-state index contributed by atoms with van der Waals surface area (Å²) < 4.78 is 0. The van der Waals surface area contributed by atoms with Gasteiger partial charge in [-0.2, -0.15) is 0 Å². The molecule has 1 fully saturated rings. The van der Waals surface area contributed by atoms with Crippen LogP contribution in [0.15, 0.2) is 0 Å². The molecular weight excluding hydrogens is 192 g/mol. The predicted octanol–water partition coefficient (Wildman–Crippen LogP) is 0.201. The summed E-state index contributed by atoms with van der Waals surface area (Å²) in [6.45, 7) is 7.40. The van der Waals surface area contributed by atoms with Crippen LogP contribution in [0.1, 0.15) is 27.2 Å². The Bertz CT molecular complexity index is 235. The standard InChI is InChI=1S/C11H22N2O2/c1-8(2)11(15)6-13(7-11)10(14)4-9(3)5-12/h8-9,15H,4-7,12H2,1-3H3. The van der Waals surface area contributed by atoms with Gasteiger partial charge in [0, 0.05) is 6.42 Å². The smallest absolute Gasteiger partial charge is 0.223 e. The molecule has 88 valence electrons. The zero-order chi connectivity index (χ0) is 11.6. The molecule has 1 rings (SSSR count). The lowest BCUT2D eigenvalue weighted by Crippen LogP contribution is -2.66. The van der Waals surface area contributed by atoms with Gasteiger partial charge in [0.15, 0.2) is 0 Å². The number of likely N-dealkylation sites (tertiary alicyclic amines) is 1. The molecule has 1 amide bonds. The fourth-order valence-electron chi connectivity index (χ4n) is 1.67. The molecule has 1 unspecified atom stereocenters. The van der Waals surface area contributed by atoms with E-state index in [1.165, 1.54) is 0 Å². The number of carbonyl (C=O) groups excluding carboxylic acids is 1. The third kappa shape index (κ3) is 2.69. The SMILES string of the molecule is CC(CN)CC(=O)N1CC(O)(C(C)C)C1. The van der Waals surface area contributed by atoms with Gasteiger partial charge in [0.2, 0.25) is 5.91 Å². The van der Waals surface area contributed by atoms with Crippen LogP contribution in [0, 0.1) is 11.8 Å². The monoisotopic (exact) mass is 214 g/mol. The molecule has 0 saturated carbocycles. The molecule has 15 heavy (non-hydrogen) atoms. The highest BCUT2D eigenvalue weighted by Gasteiger charge is 2.45. The molecule has 0 radical (unpaired) electrons. The fourth-order valence-corrected chi connectivity index (χ4v) is 1.67. The van der Waals surface area contributed by atoms with Crippen molar-refractivity contribution < 1.29 is 9.90 Å². The Morgan fingerprint density at radius 3 is 2.40 bits per heavy atom. The van der Waals surface area contributed by atoms with Gasteiger partial charge in [-0.1, -0.05) is 20.8 Å². The Balaban J connectivity index is 2.35. The van der Waals surface area contributed by atoms with Gasteiger partial charge in [0.25, 0.3) is 0 Å². The molecule has 4 heteroatoms. The summed E-state index contributed by atoms with van der Waals surface area (Å²) in [7, 11) is 0. The molecular formula is C11H22N2O2. The summed E-state index contributed by atoms with van der Waals surface area (Å²) in [5.74, 6) is 0.539. The van der Waals surface area contributed by atoms with Gasteiger partial charge in [0.05, 0.1) is 13.1 Å². The second kappa shape index (κ2) is 4.49. The van der Waals surface area contributed by atoms with Crippen molar-refractivity contribution in [3.63, 3.8) is 0 Å². The largest absolute Gasteiger partial charge is 0.386 e. The van der Waals surface area contributed by atoms with Crippen LogP contribution < -0.4 is 5.73 Å². The first-order valence-corrected chi connectivity index (χ1v) is 5.59. The zero-order valence-corrected chi connectivity index (χ0v) is 9.86. The third-order valence-electron chi connectivity index (χ3n) is 3.28. The third-order valence-corrected chi connectivity index (χ3v) is 3.28. The van der Waals surface area contributed by atoms with Gasteiger partial charge >= 0.3 is 0 Å². The minimum Gasteiger partial charge on any atom is -0.386 e. The summed E-state index contributed by atoms with van der Waals surface area (Å²) in [5, 5.41) is 9.98. The van der Waals surface area contributed by atoms with Gasteiger partial charge in [-0.3, -0.25) is 4.79 Å². The van der Waals surface area contributed by atoms with E-state index in [2.05, 4.69) is 0 Å². The Morgan fingerprint density at radius 1 is 1.47 bits per heavy atom. The summed E-state index contributed by atoms with van der Waals surface area (Å²) >= 11 is 0. The van der Waals surface area contributed by atoms with Gasteiger partial charge < -0.3 is 15.7 Å². The first-order chi connectivity index (χ1) is 6.89. The average molecular weight is 214 g/mol. The molecule has 1 aliphatic rings. The maximum absolute atomic E-state index is 11.7. The van der Waals surface area contributed by atoms with Gasteiger partial charge in [-0.05, 0) is 18.4 Å². The van der Waals surface area contributed by atoms with Crippen molar-refractivity contribution in [2.45, 2.75) is 32.8 Å². The van der Waals surface area contributed by atoms with E-state index in [1.54, 1.807) is 4.90 Å². The number of aliphatic hydroxyl groups is 1. The van der Waals surface area contributed by atoms with Crippen LogP contribution in [0.4, 0.5) is 0 Å². The molecule has 1 heterocycles. The molecule has 4 nitrogen and oxygen atoms in total. The van der Waals surface area contributed by atoms with E-state index in [0.29, 0.717) is 26.1 Å². The molecule has 3 N–H and O–H groups in total. The second-order valence-electron chi connectivity index (χ2n) is 5.05. The van der Waals surface area contributed by atoms with Crippen LogP contribution in [-0.2, 0) is 4.79 Å². The first kappa shape index (κ1) is 12.5. The highest BCUT2D eigenvalue weighted by Crippen LogP contribution is 2.29. The van der Waals surface area contributed by atoms with Gasteiger partial charge in [0.1, 0.15) is 5.60 Å². The number of hydrogen-bond acceptors (Lipinski definition) is 3. The Morgan fingerprint density at radius 2 is 2.00 bits per heavy atom. The molecule has 0 bridgehead atoms. The summed E-state index contributed by atoms with van der Waals surface area (Å²) in [6.07, 6.45) is 0.491. The molecule has 0 aromatic carbocycles. The Hall–Kier alpha value is -0.610. The topological polar surface area (TPSA) is 66.6 Å². The van der Waals surface area contributed by atoms with E-state index in [-0.39, 0.29) is 17.7 Å². The second-order valence-corrected chi connectivity index (χ2v) is 5.05. The predicted molar refractivity (Wildman–Crippen MR) is 59.2 cm³/mol. The van der Waals surface area contributed by atoms with E-state index in [0.717, 1.165) is 0 Å². The lowest BCUT2D eigenvalue weighted by atomic mass is 9.82. The Labute approximate surface area is 91.4 Å². The number of nitrogens with two attached hydrogens (primary N) is 1. The normalized spacial score (nSPS) is 21.3. The number of rotatable bonds is 4. The van der Waals surface area contributed by atoms with Crippen LogP contribution >= 0.6 is 0 Å². The van der Waals surface area contributed by atoms with E-state index in [4.69, 9.17) is 5.73 Å². The van der Waals surface area contributed by atoms with E-state index < -0.39 is 5.60 Å². The van der Waals surface area contributed by atoms with Crippen LogP contribution in [0.3, 0.4) is 0 Å². The van der Waals surface area contributed by atoms with Crippen molar-refractivity contribution in [2.24, 2.45) is 17.6 Å². The highest BCUT2D eigenvalue weighted by molar-refractivity contribution is 5.77. The number of amides is 1. The van der Waals surface area contributed by atoms with Gasteiger partial charge in [-0.15, -0.1) is 0 Å². The lowest BCUT2D eigenvalue weighted by Gasteiger charge is -2.49. The first-order valence-electron chi connectivity index (χ1n) is 5.59. The van der Waals surface area contributed by atoms with Crippen LogP contribution in [0.5, 0.6) is 0 Å². The quantitative estimate of drug-likeness (QED) is 0.702. The van der Waals surface area contributed by atoms with Crippen molar-refractivity contribution in [2.75, 3.05) is 19.6 Å². The van der Waals surface area contributed by atoms with Crippen molar-refractivity contribution in [3.05, 3.63) is 0 Å². The molecule has 0 spiro atoms. The van der Waals surface area contributed by atoms with Crippen LogP contribution in [-0.4, -0.2) is 41.1 Å². The van der Waals surface area contributed by atoms with Crippen molar-refractivity contribution in [3.8, 4) is 0 Å². The molecule has 1 saturated heterocycles. The average Bonchev–Trinajstić information content (AvgIpc) is 2.11. The number of nitrogens with zero attached hydrogens (tertiary/aromatic N) is 1. The van der Waals surface area contributed by atoms with E-state index in [9.17, 15) is 9.90 Å². The molecule has 0 aromatic heterocycles. The minimum atomic E-state index is -0.665. The summed E-state index contributed by atoms with van der Waals surface area (Å²) in [4.78, 5) is 13.4. The number of carbonyl (C=O) groups is 1. The maximum Gasteiger partial charge on any atom is 0.223 e. The molecule has 0 aliphatic carbocycles. The highest BCUT2D eigenvalue weighted by atomic mass is 16.3. The van der Waals surface area contributed by atoms with E-state index in [1.807, 2.05) is 20.8 Å². The lowest BCUT2D eigenvalue weighted by molar-refractivity contribution is -0.164. The van der Waals surface area contributed by atoms with E-state index >= 15 is 0 Å². The van der Waals surface area contributed by atoms with Crippen LogP contribution in [0.25, 0.3) is 0 Å². The van der Waals surface area contributed by atoms with Crippen molar-refractivity contribution in [1.82, 2.24) is 4.90 Å².